The standard InChI is InChI=1S/C15H23F2NO2/c1-5-20-15(19)10-6-18-14-9(4)13(17)12(16)8(3)11(14)7(10)2/h8-14,18H,2,5-6H2,1,3-4H3. The van der Waals surface area contributed by atoms with E-state index in [4.69, 9.17) is 4.74 Å². The lowest BCUT2D eigenvalue weighted by Crippen LogP contribution is -2.61. The Morgan fingerprint density at radius 3 is 2.55 bits per heavy atom. The van der Waals surface area contributed by atoms with Crippen molar-refractivity contribution in [1.82, 2.24) is 5.32 Å². The molecule has 20 heavy (non-hydrogen) atoms. The summed E-state index contributed by atoms with van der Waals surface area (Å²) in [6.07, 6.45) is -2.98. The number of hydrogen-bond acceptors (Lipinski definition) is 3. The Morgan fingerprint density at radius 2 is 1.95 bits per heavy atom. The van der Waals surface area contributed by atoms with E-state index < -0.39 is 30.1 Å². The molecule has 1 saturated carbocycles. The van der Waals surface area contributed by atoms with Crippen LogP contribution in [0.15, 0.2) is 12.2 Å². The number of carbonyl (C=O) groups excluding carboxylic acids is 1. The van der Waals surface area contributed by atoms with Crippen LogP contribution in [0.5, 0.6) is 0 Å². The molecule has 0 amide bonds. The third kappa shape index (κ3) is 2.36. The minimum atomic E-state index is -1.51. The molecule has 7 atom stereocenters. The lowest BCUT2D eigenvalue weighted by Gasteiger charge is -2.49. The van der Waals surface area contributed by atoms with E-state index in [1.54, 1.807) is 20.8 Å². The lowest BCUT2D eigenvalue weighted by atomic mass is 9.63. The zero-order chi connectivity index (χ0) is 15.0. The SMILES string of the molecule is C=C1C(C(=O)OCC)CNC2C(C)C(F)C(F)C(C)C12. The average Bonchev–Trinajstić information content (AvgIpc) is 2.42. The summed E-state index contributed by atoms with van der Waals surface area (Å²) in [5.74, 6) is -1.93. The van der Waals surface area contributed by atoms with Gasteiger partial charge in [-0.05, 0) is 12.8 Å². The molecule has 2 rings (SSSR count). The number of esters is 1. The molecule has 1 aliphatic carbocycles. The highest BCUT2D eigenvalue weighted by atomic mass is 19.2. The first kappa shape index (κ1) is 15.4. The maximum atomic E-state index is 14.1. The maximum absolute atomic E-state index is 14.1. The summed E-state index contributed by atoms with van der Waals surface area (Å²) in [5.41, 5.74) is 0.682. The van der Waals surface area contributed by atoms with Crippen LogP contribution in [0, 0.1) is 23.7 Å². The van der Waals surface area contributed by atoms with Crippen molar-refractivity contribution in [2.75, 3.05) is 13.2 Å². The van der Waals surface area contributed by atoms with Gasteiger partial charge in [0, 0.05) is 24.4 Å². The van der Waals surface area contributed by atoms with Gasteiger partial charge in [-0.25, -0.2) is 8.78 Å². The largest absolute Gasteiger partial charge is 0.465 e. The number of alkyl halides is 2. The highest BCUT2D eigenvalue weighted by Gasteiger charge is 2.52. The Morgan fingerprint density at radius 1 is 1.35 bits per heavy atom. The third-order valence-corrected chi connectivity index (χ3v) is 4.83. The fourth-order valence-electron chi connectivity index (χ4n) is 3.61. The molecule has 7 unspecified atom stereocenters. The Kier molecular flexibility index (Phi) is 4.47. The predicted octanol–water partition coefficient (Wildman–Crippen LogP) is 2.27. The number of fused-ring (bicyclic) bond motifs is 1. The second-order valence-electron chi connectivity index (χ2n) is 5.95. The molecule has 1 heterocycles. The van der Waals surface area contributed by atoms with Gasteiger partial charge in [-0.2, -0.15) is 0 Å². The van der Waals surface area contributed by atoms with Crippen LogP contribution in [0.1, 0.15) is 20.8 Å². The Balaban J connectivity index is 2.21. The highest BCUT2D eigenvalue weighted by Crippen LogP contribution is 2.44. The zero-order valence-corrected chi connectivity index (χ0v) is 12.2. The minimum Gasteiger partial charge on any atom is -0.465 e. The molecule has 1 N–H and O–H groups in total. The van der Waals surface area contributed by atoms with Crippen LogP contribution < -0.4 is 5.32 Å². The summed E-state index contributed by atoms with van der Waals surface area (Å²) in [6.45, 7) is 9.85. The van der Waals surface area contributed by atoms with Gasteiger partial charge in [0.1, 0.15) is 12.3 Å². The van der Waals surface area contributed by atoms with Crippen LogP contribution in [0.3, 0.4) is 0 Å². The maximum Gasteiger partial charge on any atom is 0.314 e. The molecule has 0 aromatic carbocycles. The predicted molar refractivity (Wildman–Crippen MR) is 72.7 cm³/mol. The normalized spacial score (nSPS) is 44.9. The number of nitrogens with one attached hydrogen (secondary N) is 1. The first-order valence-corrected chi connectivity index (χ1v) is 7.27. The molecule has 1 aliphatic heterocycles. The van der Waals surface area contributed by atoms with Crippen LogP contribution in [0.2, 0.25) is 0 Å². The average molecular weight is 287 g/mol. The summed E-state index contributed by atoms with van der Waals surface area (Å²) in [5, 5.41) is 3.20. The van der Waals surface area contributed by atoms with Crippen molar-refractivity contribution < 1.29 is 18.3 Å². The van der Waals surface area contributed by atoms with Gasteiger partial charge in [0.15, 0.2) is 0 Å². The highest BCUT2D eigenvalue weighted by molar-refractivity contribution is 5.76. The number of piperidine rings is 1. The van der Waals surface area contributed by atoms with E-state index in [9.17, 15) is 13.6 Å². The van der Waals surface area contributed by atoms with E-state index in [1.165, 1.54) is 0 Å². The second-order valence-corrected chi connectivity index (χ2v) is 5.95. The summed E-state index contributed by atoms with van der Waals surface area (Å²) in [4.78, 5) is 11.9. The molecule has 0 radical (unpaired) electrons. The van der Waals surface area contributed by atoms with Crippen molar-refractivity contribution in [2.24, 2.45) is 23.7 Å². The van der Waals surface area contributed by atoms with Crippen LogP contribution in [0.4, 0.5) is 8.78 Å². The summed E-state index contributed by atoms with van der Waals surface area (Å²) >= 11 is 0. The van der Waals surface area contributed by atoms with Gasteiger partial charge in [0.2, 0.25) is 0 Å². The zero-order valence-electron chi connectivity index (χ0n) is 12.2. The molecule has 1 saturated heterocycles. The molecule has 0 spiro atoms. The smallest absolute Gasteiger partial charge is 0.314 e. The number of hydrogen-bond donors (Lipinski definition) is 1. The fourth-order valence-corrected chi connectivity index (χ4v) is 3.61. The van der Waals surface area contributed by atoms with Crippen molar-refractivity contribution >= 4 is 5.97 Å². The first-order valence-electron chi connectivity index (χ1n) is 7.27. The molecule has 0 aromatic heterocycles. The quantitative estimate of drug-likeness (QED) is 0.625. The second kappa shape index (κ2) is 5.80. The summed E-state index contributed by atoms with van der Waals surface area (Å²) < 4.78 is 33.1. The lowest BCUT2D eigenvalue weighted by molar-refractivity contribution is -0.148. The van der Waals surface area contributed by atoms with Crippen LogP contribution in [0.25, 0.3) is 0 Å². The summed E-state index contributed by atoms with van der Waals surface area (Å²) in [6, 6.07) is -0.162. The van der Waals surface area contributed by atoms with Crippen molar-refractivity contribution in [3.63, 3.8) is 0 Å². The van der Waals surface area contributed by atoms with Gasteiger partial charge in [0.05, 0.1) is 12.5 Å². The van der Waals surface area contributed by atoms with E-state index in [1.807, 2.05) is 0 Å². The number of carbonyl (C=O) groups is 1. The minimum absolute atomic E-state index is 0.162. The van der Waals surface area contributed by atoms with Gasteiger partial charge in [0.25, 0.3) is 0 Å². The van der Waals surface area contributed by atoms with Gasteiger partial charge < -0.3 is 10.1 Å². The molecular weight excluding hydrogens is 264 g/mol. The van der Waals surface area contributed by atoms with E-state index in [-0.39, 0.29) is 17.9 Å². The molecule has 114 valence electrons. The van der Waals surface area contributed by atoms with Crippen molar-refractivity contribution in [3.8, 4) is 0 Å². The topological polar surface area (TPSA) is 38.3 Å². The van der Waals surface area contributed by atoms with Crippen LogP contribution in [-0.4, -0.2) is 37.5 Å². The summed E-state index contributed by atoms with van der Waals surface area (Å²) in [7, 11) is 0. The Hall–Kier alpha value is -0.970. The molecular formula is C15H23F2NO2. The van der Waals surface area contributed by atoms with E-state index in [0.29, 0.717) is 18.7 Å². The number of rotatable bonds is 2. The Bertz CT molecular complexity index is 401. The number of halogens is 2. The van der Waals surface area contributed by atoms with E-state index in [0.717, 1.165) is 0 Å². The molecule has 0 bridgehead atoms. The van der Waals surface area contributed by atoms with Crippen LogP contribution >= 0.6 is 0 Å². The monoisotopic (exact) mass is 287 g/mol. The van der Waals surface area contributed by atoms with Crippen LogP contribution in [-0.2, 0) is 9.53 Å². The molecule has 5 heteroatoms. The molecule has 2 aliphatic rings. The first-order chi connectivity index (χ1) is 9.40. The third-order valence-electron chi connectivity index (χ3n) is 4.83. The molecule has 2 fully saturated rings. The fraction of sp³-hybridized carbons (Fsp3) is 0.800. The Labute approximate surface area is 118 Å². The van der Waals surface area contributed by atoms with Gasteiger partial charge in [-0.1, -0.05) is 26.0 Å². The van der Waals surface area contributed by atoms with E-state index >= 15 is 0 Å². The molecule has 3 nitrogen and oxygen atoms in total. The van der Waals surface area contributed by atoms with Gasteiger partial charge in [-0.15, -0.1) is 0 Å². The van der Waals surface area contributed by atoms with E-state index in [2.05, 4.69) is 11.9 Å². The van der Waals surface area contributed by atoms with Crippen molar-refractivity contribution in [2.45, 2.75) is 39.2 Å². The van der Waals surface area contributed by atoms with Gasteiger partial charge >= 0.3 is 5.97 Å². The molecule has 0 aromatic rings. The van der Waals surface area contributed by atoms with Gasteiger partial charge in [-0.3, -0.25) is 4.79 Å². The van der Waals surface area contributed by atoms with Crippen molar-refractivity contribution in [3.05, 3.63) is 12.2 Å². The number of ether oxygens (including phenoxy) is 1. The van der Waals surface area contributed by atoms with Crippen molar-refractivity contribution in [1.29, 1.82) is 0 Å².